The van der Waals surface area contributed by atoms with Crippen molar-refractivity contribution in [2.45, 2.75) is 26.8 Å². The third-order valence-corrected chi connectivity index (χ3v) is 6.16. The van der Waals surface area contributed by atoms with Gasteiger partial charge in [0, 0.05) is 11.3 Å². The summed E-state index contributed by atoms with van der Waals surface area (Å²) in [4.78, 5) is 28.2. The van der Waals surface area contributed by atoms with Crippen LogP contribution in [0.25, 0.3) is 5.76 Å². The van der Waals surface area contributed by atoms with Crippen molar-refractivity contribution in [1.29, 1.82) is 0 Å². The molecule has 1 amide bonds. The molecule has 1 unspecified atom stereocenters. The van der Waals surface area contributed by atoms with Gasteiger partial charge in [-0.3, -0.25) is 14.5 Å². The Morgan fingerprint density at radius 2 is 1.57 bits per heavy atom. The summed E-state index contributed by atoms with van der Waals surface area (Å²) in [6, 6.07) is 18.4. The van der Waals surface area contributed by atoms with E-state index in [1.165, 1.54) is 4.90 Å². The van der Waals surface area contributed by atoms with Gasteiger partial charge in [0.15, 0.2) is 0 Å². The van der Waals surface area contributed by atoms with Gasteiger partial charge in [0.2, 0.25) is 0 Å². The largest absolute Gasteiger partial charge is 0.507 e. The second-order valence-corrected chi connectivity index (χ2v) is 8.44. The molecule has 1 saturated heterocycles. The van der Waals surface area contributed by atoms with Gasteiger partial charge in [-0.2, -0.15) is 0 Å². The number of aliphatic hydroxyl groups excluding tert-OH is 1. The lowest BCUT2D eigenvalue weighted by molar-refractivity contribution is -0.132. The van der Waals surface area contributed by atoms with Gasteiger partial charge < -0.3 is 14.6 Å². The van der Waals surface area contributed by atoms with Crippen LogP contribution < -0.4 is 14.4 Å². The Balaban J connectivity index is 1.94. The van der Waals surface area contributed by atoms with Gasteiger partial charge in [0.25, 0.3) is 11.7 Å². The number of Topliss-reactive ketones (excluding diaryl/α,β-unsaturated/α-hetero) is 1. The molecule has 1 fully saturated rings. The van der Waals surface area contributed by atoms with Gasteiger partial charge in [-0.1, -0.05) is 41.9 Å². The summed E-state index contributed by atoms with van der Waals surface area (Å²) in [6.45, 7) is 6.53. The van der Waals surface area contributed by atoms with Crippen LogP contribution in [0.2, 0.25) is 5.02 Å². The molecule has 7 heteroatoms. The number of para-hydroxylation sites is 1. The highest BCUT2D eigenvalue weighted by Crippen LogP contribution is 2.44. The zero-order chi connectivity index (χ0) is 25.1. The van der Waals surface area contributed by atoms with E-state index in [0.717, 1.165) is 5.56 Å². The topological polar surface area (TPSA) is 76.1 Å². The van der Waals surface area contributed by atoms with E-state index in [9.17, 15) is 14.7 Å². The van der Waals surface area contributed by atoms with Crippen LogP contribution in [0.15, 0.2) is 72.3 Å². The first-order chi connectivity index (χ1) is 16.9. The molecule has 0 aromatic heterocycles. The molecule has 0 saturated carbocycles. The molecule has 4 rings (SSSR count). The number of aliphatic hydroxyl groups is 1. The van der Waals surface area contributed by atoms with Crippen LogP contribution in [0.4, 0.5) is 5.69 Å². The molecule has 1 heterocycles. The van der Waals surface area contributed by atoms with Gasteiger partial charge >= 0.3 is 0 Å². The van der Waals surface area contributed by atoms with E-state index in [4.69, 9.17) is 21.1 Å². The van der Waals surface area contributed by atoms with Crippen molar-refractivity contribution < 1.29 is 24.2 Å². The smallest absolute Gasteiger partial charge is 0.300 e. The van der Waals surface area contributed by atoms with Gasteiger partial charge in [-0.15, -0.1) is 0 Å². The fourth-order valence-electron chi connectivity index (χ4n) is 4.23. The Labute approximate surface area is 209 Å². The molecule has 180 valence electrons. The summed E-state index contributed by atoms with van der Waals surface area (Å²) in [6.07, 6.45) is 0. The highest BCUT2D eigenvalue weighted by atomic mass is 35.5. The summed E-state index contributed by atoms with van der Waals surface area (Å²) in [7, 11) is 0. The van der Waals surface area contributed by atoms with E-state index in [-0.39, 0.29) is 21.9 Å². The summed E-state index contributed by atoms with van der Waals surface area (Å²) >= 11 is 6.41. The molecule has 1 N–H and O–H groups in total. The molecule has 0 radical (unpaired) electrons. The minimum atomic E-state index is -0.862. The summed E-state index contributed by atoms with van der Waals surface area (Å²) in [5.41, 5.74) is 2.23. The number of aryl methyl sites for hydroxylation is 1. The van der Waals surface area contributed by atoms with Crippen molar-refractivity contribution >= 4 is 34.7 Å². The van der Waals surface area contributed by atoms with Crippen LogP contribution in [0.1, 0.15) is 36.6 Å². The molecule has 3 aromatic carbocycles. The quantitative estimate of drug-likeness (QED) is 0.246. The van der Waals surface area contributed by atoms with Crippen LogP contribution in [-0.2, 0) is 9.59 Å². The van der Waals surface area contributed by atoms with E-state index in [2.05, 4.69) is 0 Å². The minimum Gasteiger partial charge on any atom is -0.507 e. The minimum absolute atomic E-state index is 0.0436. The number of amides is 1. The fourth-order valence-corrected chi connectivity index (χ4v) is 4.44. The molecule has 35 heavy (non-hydrogen) atoms. The van der Waals surface area contributed by atoms with Gasteiger partial charge in [0.1, 0.15) is 17.3 Å². The SMILES string of the molecule is CCOc1ccc(C2/C(=C(\O)c3cc(OCC)ccc3Cl)C(=O)C(=O)N2c2ccccc2C)cc1. The Hall–Kier alpha value is -3.77. The highest BCUT2D eigenvalue weighted by molar-refractivity contribution is 6.52. The second kappa shape index (κ2) is 10.2. The van der Waals surface area contributed by atoms with Gasteiger partial charge in [-0.25, -0.2) is 0 Å². The standard InChI is InChI=1S/C28H26ClNO5/c1-4-34-19-12-10-18(11-13-19)25-24(26(31)21-16-20(35-5-2)14-15-22(21)29)27(32)28(33)30(25)23-9-7-6-8-17(23)3/h6-16,25,31H,4-5H2,1-3H3/b26-24+. The molecular weight excluding hydrogens is 466 g/mol. The number of ketones is 1. The number of ether oxygens (including phenoxy) is 2. The van der Waals surface area contributed by atoms with Crippen molar-refractivity contribution in [2.75, 3.05) is 18.1 Å². The van der Waals surface area contributed by atoms with Crippen molar-refractivity contribution in [3.8, 4) is 11.5 Å². The van der Waals surface area contributed by atoms with Crippen molar-refractivity contribution in [2.24, 2.45) is 0 Å². The molecule has 1 atom stereocenters. The van der Waals surface area contributed by atoms with Crippen LogP contribution in [-0.4, -0.2) is 30.0 Å². The third kappa shape index (κ3) is 4.62. The Morgan fingerprint density at radius 1 is 0.943 bits per heavy atom. The number of anilines is 1. The number of rotatable bonds is 7. The number of nitrogens with zero attached hydrogens (tertiary/aromatic N) is 1. The number of carbonyl (C=O) groups excluding carboxylic acids is 2. The van der Waals surface area contributed by atoms with Crippen molar-refractivity contribution in [3.63, 3.8) is 0 Å². The lowest BCUT2D eigenvalue weighted by atomic mass is 9.94. The lowest BCUT2D eigenvalue weighted by Crippen LogP contribution is -2.30. The number of hydrogen-bond donors (Lipinski definition) is 1. The lowest BCUT2D eigenvalue weighted by Gasteiger charge is -2.27. The maximum Gasteiger partial charge on any atom is 0.300 e. The number of halogens is 1. The highest BCUT2D eigenvalue weighted by Gasteiger charge is 2.47. The van der Waals surface area contributed by atoms with E-state index < -0.39 is 17.7 Å². The van der Waals surface area contributed by atoms with E-state index in [1.54, 1.807) is 54.6 Å². The average Bonchev–Trinajstić information content (AvgIpc) is 3.11. The van der Waals surface area contributed by atoms with E-state index >= 15 is 0 Å². The maximum absolute atomic E-state index is 13.4. The third-order valence-electron chi connectivity index (χ3n) is 5.83. The number of benzene rings is 3. The zero-order valence-electron chi connectivity index (χ0n) is 19.7. The monoisotopic (exact) mass is 491 g/mol. The van der Waals surface area contributed by atoms with Crippen molar-refractivity contribution in [1.82, 2.24) is 0 Å². The van der Waals surface area contributed by atoms with Gasteiger partial charge in [-0.05, 0) is 68.3 Å². The molecule has 0 aliphatic carbocycles. The van der Waals surface area contributed by atoms with Gasteiger partial charge in [0.05, 0.1) is 29.9 Å². The average molecular weight is 492 g/mol. The first kappa shape index (κ1) is 24.4. The first-order valence-corrected chi connectivity index (χ1v) is 11.8. The fraction of sp³-hybridized carbons (Fsp3) is 0.214. The van der Waals surface area contributed by atoms with Crippen molar-refractivity contribution in [3.05, 3.63) is 94.0 Å². The summed E-state index contributed by atoms with van der Waals surface area (Å²) in [5.74, 6) is -0.718. The number of hydrogen-bond acceptors (Lipinski definition) is 5. The molecule has 3 aromatic rings. The van der Waals surface area contributed by atoms with E-state index in [1.807, 2.05) is 32.9 Å². The van der Waals surface area contributed by atoms with Crippen LogP contribution in [0.5, 0.6) is 11.5 Å². The molecule has 1 aliphatic rings. The van der Waals surface area contributed by atoms with Crippen LogP contribution in [0.3, 0.4) is 0 Å². The molecule has 6 nitrogen and oxygen atoms in total. The predicted octanol–water partition coefficient (Wildman–Crippen LogP) is 6.07. The summed E-state index contributed by atoms with van der Waals surface area (Å²) < 4.78 is 11.1. The summed E-state index contributed by atoms with van der Waals surface area (Å²) in [5, 5.41) is 11.6. The normalized spacial score (nSPS) is 17.0. The molecule has 0 spiro atoms. The van der Waals surface area contributed by atoms with Crippen LogP contribution in [0, 0.1) is 6.92 Å². The first-order valence-electron chi connectivity index (χ1n) is 11.4. The van der Waals surface area contributed by atoms with E-state index in [0.29, 0.717) is 36.0 Å². The Kier molecular flexibility index (Phi) is 7.12. The zero-order valence-corrected chi connectivity index (χ0v) is 20.5. The predicted molar refractivity (Wildman–Crippen MR) is 136 cm³/mol. The maximum atomic E-state index is 13.4. The second-order valence-electron chi connectivity index (χ2n) is 8.03. The Morgan fingerprint density at radius 3 is 2.23 bits per heavy atom. The molecule has 1 aliphatic heterocycles. The Bertz CT molecular complexity index is 1300. The van der Waals surface area contributed by atoms with Crippen LogP contribution >= 0.6 is 11.6 Å². The molecular formula is C28H26ClNO5. The molecule has 0 bridgehead atoms. The number of carbonyl (C=O) groups is 2.